The first-order chi connectivity index (χ1) is 5.61. The number of hydrogen-bond donors (Lipinski definition) is 1. The molecule has 0 aliphatic carbocycles. The van der Waals surface area contributed by atoms with E-state index in [2.05, 4.69) is 30.5 Å². The van der Waals surface area contributed by atoms with Gasteiger partial charge in [0.1, 0.15) is 5.84 Å². The minimum atomic E-state index is 0.339. The second-order valence-electron chi connectivity index (χ2n) is 2.94. The summed E-state index contributed by atoms with van der Waals surface area (Å²) in [5, 5.41) is 0. The summed E-state index contributed by atoms with van der Waals surface area (Å²) in [5.41, 5.74) is 6.56. The largest absolute Gasteiger partial charge is 0.324 e. The molecule has 0 heterocycles. The van der Waals surface area contributed by atoms with Crippen molar-refractivity contribution >= 4 is 12.6 Å². The Morgan fingerprint density at radius 3 is 2.50 bits per heavy atom. The molecule has 0 atom stereocenters. The minimum absolute atomic E-state index is 0.339. The van der Waals surface area contributed by atoms with Gasteiger partial charge >= 0.3 is 0 Å². The highest BCUT2D eigenvalue weighted by Gasteiger charge is 1.94. The number of amidine groups is 1. The third-order valence-electron chi connectivity index (χ3n) is 1.69. The highest BCUT2D eigenvalue weighted by Crippen LogP contribution is 2.07. The van der Waals surface area contributed by atoms with Gasteiger partial charge in [0.05, 0.1) is 6.54 Å². The summed E-state index contributed by atoms with van der Waals surface area (Å²) < 4.78 is 0. The van der Waals surface area contributed by atoms with Crippen molar-refractivity contribution < 1.29 is 0 Å². The van der Waals surface area contributed by atoms with Gasteiger partial charge in [0.15, 0.2) is 0 Å². The summed E-state index contributed by atoms with van der Waals surface area (Å²) in [6.07, 6.45) is 1.79. The van der Waals surface area contributed by atoms with Crippen LogP contribution in [0.5, 0.6) is 0 Å². The molecule has 0 aliphatic heterocycles. The van der Waals surface area contributed by atoms with Gasteiger partial charge in [-0.25, -0.2) is 9.98 Å². The zero-order valence-electron chi connectivity index (χ0n) is 8.04. The Hall–Kier alpha value is -0.960. The quantitative estimate of drug-likeness (QED) is 0.504. The Kier molecular flexibility index (Phi) is 5.21. The van der Waals surface area contributed by atoms with E-state index in [1.54, 1.807) is 6.20 Å². The lowest BCUT2D eigenvalue weighted by molar-refractivity contribution is 0.766. The molecule has 0 amide bonds. The molecule has 68 valence electrons. The van der Waals surface area contributed by atoms with Gasteiger partial charge in [0.25, 0.3) is 0 Å². The number of nitrogens with two attached hydrogens (primary N) is 1. The smallest absolute Gasteiger partial charge is 0.140 e. The van der Waals surface area contributed by atoms with Crippen LogP contribution in [-0.2, 0) is 0 Å². The number of allylic oxidation sites excluding steroid dienone is 1. The molecular weight excluding hydrogens is 150 g/mol. The Morgan fingerprint density at radius 1 is 1.58 bits per heavy atom. The zero-order valence-corrected chi connectivity index (χ0v) is 8.04. The first-order valence-corrected chi connectivity index (χ1v) is 4.02. The first-order valence-electron chi connectivity index (χ1n) is 4.02. The SMILES string of the molecule is C=N/C(CN)=N\C=C(/C)C(C)C. The molecule has 0 spiro atoms. The lowest BCUT2D eigenvalue weighted by Gasteiger charge is -2.01. The number of rotatable bonds is 3. The second kappa shape index (κ2) is 5.66. The fourth-order valence-electron chi connectivity index (χ4n) is 0.483. The van der Waals surface area contributed by atoms with Crippen molar-refractivity contribution in [3.63, 3.8) is 0 Å². The minimum Gasteiger partial charge on any atom is -0.324 e. The highest BCUT2D eigenvalue weighted by molar-refractivity contribution is 5.88. The molecule has 0 rings (SSSR count). The third-order valence-corrected chi connectivity index (χ3v) is 1.69. The topological polar surface area (TPSA) is 50.7 Å². The molecular formula is C9H17N3. The Bertz CT molecular complexity index is 202. The Morgan fingerprint density at radius 2 is 2.17 bits per heavy atom. The Labute approximate surface area is 74.1 Å². The summed E-state index contributed by atoms with van der Waals surface area (Å²) in [6, 6.07) is 0. The van der Waals surface area contributed by atoms with E-state index in [9.17, 15) is 0 Å². The van der Waals surface area contributed by atoms with Crippen LogP contribution in [0.15, 0.2) is 21.8 Å². The van der Waals surface area contributed by atoms with Crippen LogP contribution in [0.1, 0.15) is 20.8 Å². The summed E-state index contributed by atoms with van der Waals surface area (Å²) in [5.74, 6) is 1.09. The summed E-state index contributed by atoms with van der Waals surface area (Å²) in [7, 11) is 0. The van der Waals surface area contributed by atoms with Gasteiger partial charge in [-0.2, -0.15) is 0 Å². The fourth-order valence-corrected chi connectivity index (χ4v) is 0.483. The maximum Gasteiger partial charge on any atom is 0.140 e. The van der Waals surface area contributed by atoms with E-state index < -0.39 is 0 Å². The van der Waals surface area contributed by atoms with E-state index in [-0.39, 0.29) is 0 Å². The number of aliphatic imine (C=N–C) groups is 2. The van der Waals surface area contributed by atoms with E-state index in [0.29, 0.717) is 18.3 Å². The molecule has 0 aromatic rings. The molecule has 0 saturated heterocycles. The van der Waals surface area contributed by atoms with Crippen LogP contribution in [0.2, 0.25) is 0 Å². The van der Waals surface area contributed by atoms with Gasteiger partial charge in [-0.3, -0.25) is 0 Å². The van der Waals surface area contributed by atoms with E-state index >= 15 is 0 Å². The van der Waals surface area contributed by atoms with Crippen LogP contribution in [0.4, 0.5) is 0 Å². The predicted molar refractivity (Wildman–Crippen MR) is 54.6 cm³/mol. The molecule has 0 aliphatic rings. The average Bonchev–Trinajstić information content (AvgIpc) is 2.05. The maximum atomic E-state index is 5.35. The second-order valence-corrected chi connectivity index (χ2v) is 2.94. The molecule has 0 aromatic heterocycles. The zero-order chi connectivity index (χ0) is 9.56. The van der Waals surface area contributed by atoms with Gasteiger partial charge in [-0.05, 0) is 19.6 Å². The molecule has 0 aromatic carbocycles. The number of nitrogens with zero attached hydrogens (tertiary/aromatic N) is 2. The maximum absolute atomic E-state index is 5.35. The van der Waals surface area contributed by atoms with E-state index in [0.717, 1.165) is 0 Å². The van der Waals surface area contributed by atoms with Crippen molar-refractivity contribution in [2.45, 2.75) is 20.8 Å². The van der Waals surface area contributed by atoms with E-state index in [4.69, 9.17) is 5.73 Å². The average molecular weight is 167 g/mol. The predicted octanol–water partition coefficient (Wildman–Crippen LogP) is 1.60. The van der Waals surface area contributed by atoms with Crippen molar-refractivity contribution in [1.82, 2.24) is 0 Å². The molecule has 3 heteroatoms. The van der Waals surface area contributed by atoms with Crippen LogP contribution in [0, 0.1) is 5.92 Å². The molecule has 0 fully saturated rings. The van der Waals surface area contributed by atoms with Crippen molar-refractivity contribution in [3.8, 4) is 0 Å². The molecule has 3 nitrogen and oxygen atoms in total. The highest BCUT2D eigenvalue weighted by atomic mass is 14.9. The normalized spacial score (nSPS) is 13.8. The lowest BCUT2D eigenvalue weighted by Crippen LogP contribution is -2.10. The van der Waals surface area contributed by atoms with Crippen LogP contribution in [0.3, 0.4) is 0 Å². The molecule has 2 N–H and O–H groups in total. The van der Waals surface area contributed by atoms with Crippen molar-refractivity contribution in [2.24, 2.45) is 21.6 Å². The summed E-state index contributed by atoms with van der Waals surface area (Å²) >= 11 is 0. The van der Waals surface area contributed by atoms with Gasteiger partial charge in [-0.15, -0.1) is 0 Å². The van der Waals surface area contributed by atoms with Crippen LogP contribution in [0.25, 0.3) is 0 Å². The van der Waals surface area contributed by atoms with Gasteiger partial charge in [0.2, 0.25) is 0 Å². The van der Waals surface area contributed by atoms with Crippen molar-refractivity contribution in [2.75, 3.05) is 6.54 Å². The van der Waals surface area contributed by atoms with Crippen LogP contribution in [-0.4, -0.2) is 19.1 Å². The van der Waals surface area contributed by atoms with Gasteiger partial charge in [0, 0.05) is 6.20 Å². The summed E-state index contributed by atoms with van der Waals surface area (Å²) in [4.78, 5) is 7.75. The standard InChI is InChI=1S/C9H17N3/c1-7(2)8(3)6-12-9(5-10)11-4/h6-7H,4-5,10H2,1-3H3/b8-6+,12-9-. The molecule has 0 bridgehead atoms. The monoisotopic (exact) mass is 167 g/mol. The van der Waals surface area contributed by atoms with Gasteiger partial charge < -0.3 is 5.73 Å². The Balaban J connectivity index is 4.34. The van der Waals surface area contributed by atoms with Gasteiger partial charge in [-0.1, -0.05) is 19.4 Å². The van der Waals surface area contributed by atoms with Crippen LogP contribution < -0.4 is 5.73 Å². The molecule has 0 radical (unpaired) electrons. The fraction of sp³-hybridized carbons (Fsp3) is 0.556. The number of hydrogen-bond acceptors (Lipinski definition) is 2. The summed E-state index contributed by atoms with van der Waals surface area (Å²) in [6.45, 7) is 9.97. The van der Waals surface area contributed by atoms with Crippen molar-refractivity contribution in [3.05, 3.63) is 11.8 Å². The lowest BCUT2D eigenvalue weighted by atomic mass is 10.1. The van der Waals surface area contributed by atoms with Crippen molar-refractivity contribution in [1.29, 1.82) is 0 Å². The molecule has 0 unspecified atom stereocenters. The van der Waals surface area contributed by atoms with E-state index in [1.165, 1.54) is 5.57 Å². The molecule has 0 saturated carbocycles. The molecule has 12 heavy (non-hydrogen) atoms. The van der Waals surface area contributed by atoms with Crippen LogP contribution >= 0.6 is 0 Å². The van der Waals surface area contributed by atoms with E-state index in [1.807, 2.05) is 6.92 Å². The third kappa shape index (κ3) is 4.03. The first kappa shape index (κ1) is 11.0.